The molecule has 0 aliphatic carbocycles. The Morgan fingerprint density at radius 3 is 2.70 bits per heavy atom. The van der Waals surface area contributed by atoms with Gasteiger partial charge in [0.25, 0.3) is 0 Å². The first-order valence-electron chi connectivity index (χ1n) is 12.7. The van der Waals surface area contributed by atoms with Crippen molar-refractivity contribution in [2.45, 2.75) is 58.1 Å². The molecule has 1 amide bonds. The van der Waals surface area contributed by atoms with Gasteiger partial charge in [-0.1, -0.05) is 24.0 Å². The summed E-state index contributed by atoms with van der Waals surface area (Å²) < 4.78 is 22.0. The third kappa shape index (κ3) is 4.78. The molecule has 0 saturated carbocycles. The fourth-order valence-corrected chi connectivity index (χ4v) is 5.11. The lowest BCUT2D eigenvalue weighted by molar-refractivity contribution is 0.0261. The molecule has 3 heterocycles. The van der Waals surface area contributed by atoms with E-state index in [-0.39, 0.29) is 12.1 Å². The second-order valence-corrected chi connectivity index (χ2v) is 10.6. The minimum atomic E-state index is -0.560. The number of nitrogens with zero attached hydrogens (tertiary/aromatic N) is 4. The molecule has 2 aliphatic rings. The Morgan fingerprint density at radius 2 is 1.92 bits per heavy atom. The van der Waals surface area contributed by atoms with Gasteiger partial charge in [-0.05, 0) is 76.3 Å². The topological polar surface area (TPSA) is 67.7 Å². The van der Waals surface area contributed by atoms with Crippen LogP contribution < -0.4 is 10.6 Å². The van der Waals surface area contributed by atoms with Crippen LogP contribution in [0.3, 0.4) is 0 Å². The second kappa shape index (κ2) is 9.55. The molecule has 7 nitrogen and oxygen atoms in total. The van der Waals surface area contributed by atoms with Crippen LogP contribution in [0.25, 0.3) is 10.9 Å². The van der Waals surface area contributed by atoms with E-state index in [4.69, 9.17) is 4.74 Å². The molecule has 2 aliphatic heterocycles. The number of aromatic nitrogens is 2. The first-order chi connectivity index (χ1) is 17.6. The number of hydrogen-bond donors (Lipinski definition) is 0. The van der Waals surface area contributed by atoms with E-state index in [0.717, 1.165) is 42.5 Å². The Morgan fingerprint density at radius 1 is 1.14 bits per heavy atom. The van der Waals surface area contributed by atoms with E-state index in [1.807, 2.05) is 43.9 Å². The van der Waals surface area contributed by atoms with E-state index < -0.39 is 17.1 Å². The number of fused-ring (bicyclic) bond motifs is 2. The Labute approximate surface area is 215 Å². The van der Waals surface area contributed by atoms with E-state index in [9.17, 15) is 9.59 Å². The summed E-state index contributed by atoms with van der Waals surface area (Å²) in [5, 5.41) is 0.327. The van der Waals surface area contributed by atoms with E-state index >= 15 is 4.39 Å². The van der Waals surface area contributed by atoms with Gasteiger partial charge in [0.05, 0.1) is 16.9 Å². The van der Waals surface area contributed by atoms with Gasteiger partial charge in [0.15, 0.2) is 5.82 Å². The number of rotatable bonds is 1. The maximum Gasteiger partial charge on any atom is 0.411 e. The average Bonchev–Trinajstić information content (AvgIpc) is 3.33. The number of carbonyl (C=O) groups excluding carboxylic acids is 1. The molecule has 1 saturated heterocycles. The fraction of sp³-hybridized carbons (Fsp3) is 0.414. The highest BCUT2D eigenvalue weighted by atomic mass is 19.1. The summed E-state index contributed by atoms with van der Waals surface area (Å²) in [6.07, 6.45) is 2.97. The zero-order valence-corrected chi connectivity index (χ0v) is 21.7. The molecule has 37 heavy (non-hydrogen) atoms. The molecule has 1 aromatic heterocycles. The number of amides is 1. The van der Waals surface area contributed by atoms with Crippen LogP contribution in [-0.4, -0.2) is 45.3 Å². The fourth-order valence-electron chi connectivity index (χ4n) is 5.11. The normalized spacial score (nSPS) is 17.4. The SMILES string of the molecule is Cn1c(=O)nc(N2CCCc3c(C#CC4CCCN4C(=O)OC(C)(C)C)cccc32)c2c(F)cccc21. The van der Waals surface area contributed by atoms with Crippen LogP contribution in [0, 0.1) is 17.7 Å². The zero-order chi connectivity index (χ0) is 26.3. The van der Waals surface area contributed by atoms with E-state index in [2.05, 4.69) is 16.8 Å². The smallest absolute Gasteiger partial charge is 0.411 e. The molecule has 1 atom stereocenters. The van der Waals surface area contributed by atoms with E-state index in [0.29, 0.717) is 29.8 Å². The van der Waals surface area contributed by atoms with E-state index in [1.54, 1.807) is 24.1 Å². The number of ether oxygens (including phenoxy) is 1. The summed E-state index contributed by atoms with van der Waals surface area (Å²) in [5.74, 6) is 6.53. The Balaban J connectivity index is 1.52. The third-order valence-corrected chi connectivity index (χ3v) is 6.83. The minimum Gasteiger partial charge on any atom is -0.444 e. The molecule has 2 aromatic carbocycles. The Bertz CT molecular complexity index is 1500. The summed E-state index contributed by atoms with van der Waals surface area (Å²) in [5.41, 5.74) is 2.29. The lowest BCUT2D eigenvalue weighted by atomic mass is 9.96. The number of halogens is 1. The minimum absolute atomic E-state index is 0.206. The number of anilines is 2. The molecule has 0 bridgehead atoms. The first-order valence-corrected chi connectivity index (χ1v) is 12.7. The van der Waals surface area contributed by atoms with Crippen molar-refractivity contribution in [2.24, 2.45) is 7.05 Å². The number of carbonyl (C=O) groups is 1. The standard InChI is InChI=1S/C29H31FN4O3/c1-29(2,3)37-28(36)33-17-7-10-20(33)16-15-19-9-5-13-23-21(19)11-8-18-34(23)26-25-22(30)12-6-14-24(25)32(4)27(35)31-26/h5-6,9,12-14,20H,7-8,10-11,17-18H2,1-4H3. The highest BCUT2D eigenvalue weighted by Crippen LogP contribution is 2.37. The highest BCUT2D eigenvalue weighted by Gasteiger charge is 2.31. The van der Waals surface area contributed by atoms with Crippen molar-refractivity contribution < 1.29 is 13.9 Å². The van der Waals surface area contributed by atoms with Gasteiger partial charge in [-0.15, -0.1) is 0 Å². The summed E-state index contributed by atoms with van der Waals surface area (Å²) in [7, 11) is 1.60. The molecule has 8 heteroatoms. The van der Waals surface area contributed by atoms with Crippen molar-refractivity contribution >= 4 is 28.5 Å². The Kier molecular flexibility index (Phi) is 6.40. The van der Waals surface area contributed by atoms with Crippen LogP contribution >= 0.6 is 0 Å². The molecule has 3 aromatic rings. The Hall–Kier alpha value is -3.86. The maximum absolute atomic E-state index is 15.0. The van der Waals surface area contributed by atoms with Crippen molar-refractivity contribution in [2.75, 3.05) is 18.0 Å². The maximum atomic E-state index is 15.0. The van der Waals surface area contributed by atoms with Crippen molar-refractivity contribution in [1.82, 2.24) is 14.5 Å². The molecule has 0 N–H and O–H groups in total. The van der Waals surface area contributed by atoms with Gasteiger partial charge >= 0.3 is 11.8 Å². The van der Waals surface area contributed by atoms with Gasteiger partial charge < -0.3 is 9.64 Å². The van der Waals surface area contributed by atoms with Crippen molar-refractivity contribution in [3.63, 3.8) is 0 Å². The predicted octanol–water partition coefficient (Wildman–Crippen LogP) is 4.91. The largest absolute Gasteiger partial charge is 0.444 e. The van der Waals surface area contributed by atoms with Gasteiger partial charge in [0.1, 0.15) is 11.4 Å². The quantitative estimate of drug-likeness (QED) is 0.443. The highest BCUT2D eigenvalue weighted by molar-refractivity contribution is 5.93. The molecular formula is C29H31FN4O3. The van der Waals surface area contributed by atoms with Gasteiger partial charge in [-0.3, -0.25) is 9.47 Å². The van der Waals surface area contributed by atoms with Crippen LogP contribution in [-0.2, 0) is 18.2 Å². The summed E-state index contributed by atoms with van der Waals surface area (Å²) in [6.45, 7) is 6.81. The van der Waals surface area contributed by atoms with Crippen molar-refractivity contribution in [3.8, 4) is 11.8 Å². The average molecular weight is 503 g/mol. The molecule has 0 spiro atoms. The summed E-state index contributed by atoms with van der Waals surface area (Å²) >= 11 is 0. The van der Waals surface area contributed by atoms with Crippen LogP contribution in [0.2, 0.25) is 0 Å². The van der Waals surface area contributed by atoms with Gasteiger partial charge in [-0.2, -0.15) is 4.98 Å². The number of aryl methyl sites for hydroxylation is 1. The second-order valence-electron chi connectivity index (χ2n) is 10.6. The summed E-state index contributed by atoms with van der Waals surface area (Å²) in [6, 6.07) is 10.4. The number of benzene rings is 2. The molecule has 0 radical (unpaired) electrons. The number of likely N-dealkylation sites (tertiary alicyclic amines) is 1. The first kappa shape index (κ1) is 24.8. The molecule has 1 fully saturated rings. The predicted molar refractivity (Wildman–Crippen MR) is 142 cm³/mol. The van der Waals surface area contributed by atoms with Crippen LogP contribution in [0.4, 0.5) is 20.7 Å². The number of hydrogen-bond acceptors (Lipinski definition) is 5. The van der Waals surface area contributed by atoms with Crippen LogP contribution in [0.5, 0.6) is 0 Å². The summed E-state index contributed by atoms with van der Waals surface area (Å²) in [4.78, 5) is 33.2. The van der Waals surface area contributed by atoms with Gasteiger partial charge in [0.2, 0.25) is 0 Å². The van der Waals surface area contributed by atoms with Gasteiger partial charge in [-0.25, -0.2) is 14.0 Å². The van der Waals surface area contributed by atoms with Crippen molar-refractivity contribution in [3.05, 3.63) is 63.8 Å². The zero-order valence-electron chi connectivity index (χ0n) is 21.7. The third-order valence-electron chi connectivity index (χ3n) is 6.83. The lowest BCUT2D eigenvalue weighted by Gasteiger charge is -2.32. The molecular weight excluding hydrogens is 471 g/mol. The van der Waals surface area contributed by atoms with Crippen molar-refractivity contribution in [1.29, 1.82) is 0 Å². The lowest BCUT2D eigenvalue weighted by Crippen LogP contribution is -2.39. The van der Waals surface area contributed by atoms with Crippen LogP contribution in [0.1, 0.15) is 51.2 Å². The van der Waals surface area contributed by atoms with Gasteiger partial charge in [0, 0.05) is 31.4 Å². The van der Waals surface area contributed by atoms with Crippen LogP contribution in [0.15, 0.2) is 41.2 Å². The molecule has 5 rings (SSSR count). The molecule has 1 unspecified atom stereocenters. The molecule has 192 valence electrons. The van der Waals surface area contributed by atoms with E-state index in [1.165, 1.54) is 10.6 Å². The monoisotopic (exact) mass is 502 g/mol.